The van der Waals surface area contributed by atoms with E-state index in [1.165, 1.54) is 0 Å². The summed E-state index contributed by atoms with van der Waals surface area (Å²) in [4.78, 5) is 0. The van der Waals surface area contributed by atoms with Crippen LogP contribution in [0.3, 0.4) is 0 Å². The van der Waals surface area contributed by atoms with Gasteiger partial charge in [-0.3, -0.25) is 0 Å². The molecule has 0 saturated heterocycles. The Morgan fingerprint density at radius 1 is 0.765 bits per heavy atom. The van der Waals surface area contributed by atoms with Gasteiger partial charge < -0.3 is 15.5 Å². The zero-order valence-corrected chi connectivity index (χ0v) is 9.43. The molecule has 0 aliphatic carbocycles. The molecule has 2 aromatic carbocycles. The van der Waals surface area contributed by atoms with Gasteiger partial charge in [-0.2, -0.15) is 0 Å². The molecular weight excluding hydrogens is 214 g/mol. The Bertz CT molecular complexity index is 452. The van der Waals surface area contributed by atoms with Crippen LogP contribution < -0.4 is 5.32 Å². The van der Waals surface area contributed by atoms with Gasteiger partial charge in [-0.15, -0.1) is 0 Å². The number of phenolic OH excluding ortho intramolecular Hbond substituents is 2. The molecule has 0 spiro atoms. The summed E-state index contributed by atoms with van der Waals surface area (Å²) >= 11 is 0. The second-order valence-electron chi connectivity index (χ2n) is 3.94. The highest BCUT2D eigenvalue weighted by Crippen LogP contribution is 2.12. The maximum atomic E-state index is 9.30. The van der Waals surface area contributed by atoms with E-state index in [0.29, 0.717) is 13.1 Å². The van der Waals surface area contributed by atoms with Crippen molar-refractivity contribution in [2.75, 3.05) is 0 Å². The van der Waals surface area contributed by atoms with Crippen LogP contribution in [0.15, 0.2) is 48.5 Å². The van der Waals surface area contributed by atoms with Crippen LogP contribution in [0, 0.1) is 0 Å². The van der Waals surface area contributed by atoms with E-state index in [1.807, 2.05) is 24.3 Å². The third-order valence-electron chi connectivity index (χ3n) is 2.48. The minimum atomic E-state index is 0.279. The highest BCUT2D eigenvalue weighted by molar-refractivity contribution is 5.28. The molecule has 0 amide bonds. The molecule has 0 aliphatic rings. The van der Waals surface area contributed by atoms with Crippen LogP contribution in [0.5, 0.6) is 11.5 Å². The van der Waals surface area contributed by atoms with Crippen molar-refractivity contribution >= 4 is 0 Å². The molecule has 0 aliphatic heterocycles. The van der Waals surface area contributed by atoms with Crippen molar-refractivity contribution in [1.82, 2.24) is 5.32 Å². The third-order valence-corrected chi connectivity index (χ3v) is 2.48. The second-order valence-corrected chi connectivity index (χ2v) is 3.94. The summed E-state index contributed by atoms with van der Waals surface area (Å²) in [6.07, 6.45) is 0. The predicted molar refractivity (Wildman–Crippen MR) is 66.8 cm³/mol. The van der Waals surface area contributed by atoms with Crippen molar-refractivity contribution in [2.45, 2.75) is 13.1 Å². The Labute approximate surface area is 100 Å². The van der Waals surface area contributed by atoms with Gasteiger partial charge in [-0.05, 0) is 35.4 Å². The lowest BCUT2D eigenvalue weighted by Crippen LogP contribution is -2.12. The predicted octanol–water partition coefficient (Wildman–Crippen LogP) is 2.39. The first kappa shape index (κ1) is 11.5. The first-order valence-electron chi connectivity index (χ1n) is 5.50. The van der Waals surface area contributed by atoms with Crippen LogP contribution in [0.4, 0.5) is 0 Å². The van der Waals surface area contributed by atoms with E-state index < -0.39 is 0 Å². The quantitative estimate of drug-likeness (QED) is 0.754. The molecular formula is C14H15NO2. The van der Waals surface area contributed by atoms with E-state index in [9.17, 15) is 10.2 Å². The molecule has 2 aromatic rings. The Morgan fingerprint density at radius 3 is 1.65 bits per heavy atom. The van der Waals surface area contributed by atoms with E-state index >= 15 is 0 Å². The van der Waals surface area contributed by atoms with Gasteiger partial charge in [0.15, 0.2) is 0 Å². The standard InChI is InChI=1S/C14H15NO2/c16-13-5-1-3-11(7-13)9-15-10-12-4-2-6-14(17)8-12/h1-8,15-17H,9-10H2. The molecule has 17 heavy (non-hydrogen) atoms. The Kier molecular flexibility index (Phi) is 3.62. The Morgan fingerprint density at radius 2 is 1.24 bits per heavy atom. The molecule has 0 atom stereocenters. The first-order chi connectivity index (χ1) is 8.24. The van der Waals surface area contributed by atoms with Crippen molar-refractivity contribution < 1.29 is 10.2 Å². The lowest BCUT2D eigenvalue weighted by Gasteiger charge is -2.06. The van der Waals surface area contributed by atoms with E-state index in [-0.39, 0.29) is 11.5 Å². The normalized spacial score (nSPS) is 10.4. The zero-order valence-electron chi connectivity index (χ0n) is 9.43. The number of aromatic hydroxyl groups is 2. The van der Waals surface area contributed by atoms with Gasteiger partial charge >= 0.3 is 0 Å². The molecule has 3 N–H and O–H groups in total. The van der Waals surface area contributed by atoms with E-state index in [1.54, 1.807) is 24.3 Å². The van der Waals surface area contributed by atoms with Crippen LogP contribution in [-0.4, -0.2) is 10.2 Å². The van der Waals surface area contributed by atoms with Gasteiger partial charge in [0.25, 0.3) is 0 Å². The molecule has 88 valence electrons. The molecule has 0 fully saturated rings. The maximum absolute atomic E-state index is 9.30. The van der Waals surface area contributed by atoms with Crippen molar-refractivity contribution in [3.63, 3.8) is 0 Å². The summed E-state index contributed by atoms with van der Waals surface area (Å²) in [6, 6.07) is 14.3. The fraction of sp³-hybridized carbons (Fsp3) is 0.143. The van der Waals surface area contributed by atoms with E-state index in [4.69, 9.17) is 0 Å². The first-order valence-corrected chi connectivity index (χ1v) is 5.50. The van der Waals surface area contributed by atoms with Crippen LogP contribution in [-0.2, 0) is 13.1 Å². The summed E-state index contributed by atoms with van der Waals surface area (Å²) in [6.45, 7) is 1.37. The van der Waals surface area contributed by atoms with Gasteiger partial charge in [0, 0.05) is 13.1 Å². The summed E-state index contributed by atoms with van der Waals surface area (Å²) in [5.41, 5.74) is 2.07. The van der Waals surface area contributed by atoms with Gasteiger partial charge in [-0.1, -0.05) is 24.3 Å². The molecule has 3 nitrogen and oxygen atoms in total. The number of rotatable bonds is 4. The van der Waals surface area contributed by atoms with Crippen molar-refractivity contribution in [2.24, 2.45) is 0 Å². The van der Waals surface area contributed by atoms with Gasteiger partial charge in [0.2, 0.25) is 0 Å². The molecule has 2 rings (SSSR count). The number of hydrogen-bond acceptors (Lipinski definition) is 3. The molecule has 0 heterocycles. The number of hydrogen-bond donors (Lipinski definition) is 3. The minimum absolute atomic E-state index is 0.279. The second kappa shape index (κ2) is 5.37. The monoisotopic (exact) mass is 229 g/mol. The van der Waals surface area contributed by atoms with Crippen LogP contribution in [0.25, 0.3) is 0 Å². The number of benzene rings is 2. The molecule has 0 saturated carbocycles. The Hall–Kier alpha value is -2.00. The number of phenols is 2. The topological polar surface area (TPSA) is 52.5 Å². The lowest BCUT2D eigenvalue weighted by molar-refractivity contribution is 0.474. The average molecular weight is 229 g/mol. The Balaban J connectivity index is 1.87. The maximum Gasteiger partial charge on any atom is 0.115 e. The van der Waals surface area contributed by atoms with Crippen molar-refractivity contribution in [3.8, 4) is 11.5 Å². The molecule has 3 heteroatoms. The van der Waals surface area contributed by atoms with Crippen molar-refractivity contribution in [1.29, 1.82) is 0 Å². The SMILES string of the molecule is Oc1cccc(CNCc2cccc(O)c2)c1. The third kappa shape index (κ3) is 3.50. The number of nitrogens with one attached hydrogen (secondary N) is 1. The summed E-state index contributed by atoms with van der Waals surface area (Å²) in [5, 5.41) is 21.9. The summed E-state index contributed by atoms with van der Waals surface area (Å²) in [7, 11) is 0. The summed E-state index contributed by atoms with van der Waals surface area (Å²) in [5.74, 6) is 0.559. The van der Waals surface area contributed by atoms with Crippen LogP contribution in [0.2, 0.25) is 0 Å². The van der Waals surface area contributed by atoms with Gasteiger partial charge in [-0.25, -0.2) is 0 Å². The highest BCUT2D eigenvalue weighted by Gasteiger charge is 1.96. The van der Waals surface area contributed by atoms with E-state index in [2.05, 4.69) is 5.32 Å². The largest absolute Gasteiger partial charge is 0.508 e. The van der Waals surface area contributed by atoms with Crippen LogP contribution >= 0.6 is 0 Å². The fourth-order valence-electron chi connectivity index (χ4n) is 1.68. The van der Waals surface area contributed by atoms with Crippen LogP contribution in [0.1, 0.15) is 11.1 Å². The molecule has 0 aromatic heterocycles. The van der Waals surface area contributed by atoms with Crippen molar-refractivity contribution in [3.05, 3.63) is 59.7 Å². The fourth-order valence-corrected chi connectivity index (χ4v) is 1.68. The molecule has 0 radical (unpaired) electrons. The van der Waals surface area contributed by atoms with Gasteiger partial charge in [0.1, 0.15) is 11.5 Å². The molecule has 0 unspecified atom stereocenters. The average Bonchev–Trinajstić information content (AvgIpc) is 2.29. The zero-order chi connectivity index (χ0) is 12.1. The minimum Gasteiger partial charge on any atom is -0.508 e. The smallest absolute Gasteiger partial charge is 0.115 e. The molecule has 0 bridgehead atoms. The van der Waals surface area contributed by atoms with Gasteiger partial charge in [0.05, 0.1) is 0 Å². The highest BCUT2D eigenvalue weighted by atomic mass is 16.3. The lowest BCUT2D eigenvalue weighted by atomic mass is 10.2. The summed E-state index contributed by atoms with van der Waals surface area (Å²) < 4.78 is 0. The van der Waals surface area contributed by atoms with E-state index in [0.717, 1.165) is 11.1 Å².